The van der Waals surface area contributed by atoms with E-state index in [0.29, 0.717) is 33.1 Å². The Morgan fingerprint density at radius 3 is 2.70 bits per heavy atom. The number of aliphatic imine (C=N–C) groups is 1. The van der Waals surface area contributed by atoms with Crippen LogP contribution in [0.25, 0.3) is 0 Å². The minimum absolute atomic E-state index is 0.0157. The molecular formula is C20H20ClFN2O4S2. The zero-order valence-electron chi connectivity index (χ0n) is 16.3. The van der Waals surface area contributed by atoms with Gasteiger partial charge in [0, 0.05) is 16.8 Å². The van der Waals surface area contributed by atoms with Gasteiger partial charge in [-0.05, 0) is 29.8 Å². The molecule has 0 unspecified atom stereocenters. The number of rotatable bonds is 5. The minimum Gasteiger partial charge on any atom is -0.497 e. The van der Waals surface area contributed by atoms with Crippen molar-refractivity contribution >= 4 is 44.1 Å². The fourth-order valence-corrected chi connectivity index (χ4v) is 6.96. The molecule has 2 heterocycles. The van der Waals surface area contributed by atoms with E-state index in [4.69, 9.17) is 26.1 Å². The summed E-state index contributed by atoms with van der Waals surface area (Å²) in [7, 11) is -0.0464. The van der Waals surface area contributed by atoms with Crippen LogP contribution < -0.4 is 14.4 Å². The molecule has 0 radical (unpaired) electrons. The Bertz CT molecular complexity index is 1110. The molecule has 1 fully saturated rings. The predicted molar refractivity (Wildman–Crippen MR) is 118 cm³/mol. The van der Waals surface area contributed by atoms with Crippen LogP contribution in [-0.2, 0) is 15.6 Å². The second-order valence-electron chi connectivity index (χ2n) is 7.06. The lowest BCUT2D eigenvalue weighted by atomic mass is 10.1. The van der Waals surface area contributed by atoms with Crippen LogP contribution in [0.3, 0.4) is 0 Å². The quantitative estimate of drug-likeness (QED) is 0.662. The number of methoxy groups -OCH3 is 2. The number of nitrogens with zero attached hydrogens (tertiary/aromatic N) is 2. The van der Waals surface area contributed by atoms with Crippen molar-refractivity contribution in [2.24, 2.45) is 4.99 Å². The van der Waals surface area contributed by atoms with E-state index in [-0.39, 0.29) is 23.6 Å². The van der Waals surface area contributed by atoms with Crippen LogP contribution in [0.2, 0.25) is 5.02 Å². The molecule has 2 aliphatic heterocycles. The standard InChI is InChI=1S/C20H20ClFN2O4S2/c1-27-14-5-6-19(28-2)17(8-14)24-18-11-30(25,26)10-16(18)23-20(24)29-9-12-3-4-13(22)7-15(12)21/h3-8,16,18H,9-11H2,1-2H3/t16-,18-/m1/s1. The van der Waals surface area contributed by atoms with Crippen LogP contribution in [0.5, 0.6) is 11.5 Å². The molecule has 2 atom stereocenters. The summed E-state index contributed by atoms with van der Waals surface area (Å²) in [5, 5.41) is 1.02. The number of amidine groups is 1. The van der Waals surface area contributed by atoms with Crippen LogP contribution in [0.1, 0.15) is 5.56 Å². The lowest BCUT2D eigenvalue weighted by Gasteiger charge is -2.28. The van der Waals surface area contributed by atoms with Gasteiger partial charge in [-0.25, -0.2) is 12.8 Å². The summed E-state index contributed by atoms with van der Waals surface area (Å²) < 4.78 is 48.7. The van der Waals surface area contributed by atoms with Crippen LogP contribution in [0.15, 0.2) is 41.4 Å². The first-order chi connectivity index (χ1) is 14.3. The Morgan fingerprint density at radius 1 is 1.20 bits per heavy atom. The molecule has 0 bridgehead atoms. The maximum atomic E-state index is 13.3. The van der Waals surface area contributed by atoms with Gasteiger partial charge in [-0.15, -0.1) is 0 Å². The summed E-state index contributed by atoms with van der Waals surface area (Å²) in [6.07, 6.45) is 0. The zero-order valence-corrected chi connectivity index (χ0v) is 18.7. The van der Waals surface area contributed by atoms with Crippen molar-refractivity contribution in [3.05, 3.63) is 52.8 Å². The molecule has 2 aromatic rings. The molecule has 0 saturated carbocycles. The highest BCUT2D eigenvalue weighted by atomic mass is 35.5. The van der Waals surface area contributed by atoms with Crippen molar-refractivity contribution in [1.82, 2.24) is 0 Å². The average molecular weight is 471 g/mol. The number of fused-ring (bicyclic) bond motifs is 1. The van der Waals surface area contributed by atoms with Crippen molar-refractivity contribution in [1.29, 1.82) is 0 Å². The largest absolute Gasteiger partial charge is 0.497 e. The maximum absolute atomic E-state index is 13.3. The Kier molecular flexibility index (Phi) is 5.87. The van der Waals surface area contributed by atoms with Crippen molar-refractivity contribution < 1.29 is 22.3 Å². The number of halogens is 2. The molecule has 2 aromatic carbocycles. The molecule has 0 aliphatic carbocycles. The third-order valence-corrected chi connectivity index (χ3v) is 8.19. The summed E-state index contributed by atoms with van der Waals surface area (Å²) in [6.45, 7) is 0. The molecule has 0 amide bonds. The molecule has 2 aliphatic rings. The van der Waals surface area contributed by atoms with Crippen LogP contribution >= 0.6 is 23.4 Å². The highest BCUT2D eigenvalue weighted by Crippen LogP contribution is 2.41. The number of anilines is 1. The first-order valence-corrected chi connectivity index (χ1v) is 12.4. The van der Waals surface area contributed by atoms with E-state index in [0.717, 1.165) is 5.56 Å². The predicted octanol–water partition coefficient (Wildman–Crippen LogP) is 3.77. The Hall–Kier alpha value is -1.97. The van der Waals surface area contributed by atoms with Crippen LogP contribution in [-0.4, -0.2) is 51.4 Å². The highest BCUT2D eigenvalue weighted by molar-refractivity contribution is 8.13. The van der Waals surface area contributed by atoms with Gasteiger partial charge in [-0.3, -0.25) is 4.99 Å². The van der Waals surface area contributed by atoms with Gasteiger partial charge in [0.2, 0.25) is 0 Å². The Morgan fingerprint density at radius 2 is 2.00 bits per heavy atom. The number of thioether (sulfide) groups is 1. The molecule has 10 heteroatoms. The van der Waals surface area contributed by atoms with Gasteiger partial charge in [-0.1, -0.05) is 29.4 Å². The van der Waals surface area contributed by atoms with Crippen molar-refractivity contribution in [3.8, 4) is 11.5 Å². The number of ether oxygens (including phenoxy) is 2. The summed E-state index contributed by atoms with van der Waals surface area (Å²) in [5.41, 5.74) is 1.46. The number of benzene rings is 2. The summed E-state index contributed by atoms with van der Waals surface area (Å²) in [6, 6.07) is 8.99. The molecule has 1 saturated heterocycles. The van der Waals surface area contributed by atoms with E-state index in [1.165, 1.54) is 23.9 Å². The third kappa shape index (κ3) is 4.10. The molecule has 0 spiro atoms. The first kappa shape index (κ1) is 21.3. The van der Waals surface area contributed by atoms with E-state index >= 15 is 0 Å². The van der Waals surface area contributed by atoms with Gasteiger partial charge >= 0.3 is 0 Å². The van der Waals surface area contributed by atoms with Gasteiger partial charge in [0.25, 0.3) is 0 Å². The lowest BCUT2D eigenvalue weighted by molar-refractivity contribution is 0.403. The Balaban J connectivity index is 1.69. The molecule has 4 rings (SSSR count). The van der Waals surface area contributed by atoms with E-state index in [1.807, 2.05) is 11.0 Å². The number of hydrogen-bond acceptors (Lipinski definition) is 7. The van der Waals surface area contributed by atoms with Gasteiger partial charge in [0.15, 0.2) is 15.0 Å². The van der Waals surface area contributed by atoms with Crippen molar-refractivity contribution in [3.63, 3.8) is 0 Å². The van der Waals surface area contributed by atoms with Crippen molar-refractivity contribution in [2.45, 2.75) is 17.8 Å². The molecule has 0 N–H and O–H groups in total. The fourth-order valence-electron chi connectivity index (χ4n) is 3.68. The zero-order chi connectivity index (χ0) is 21.5. The number of hydrogen-bond donors (Lipinski definition) is 0. The fraction of sp³-hybridized carbons (Fsp3) is 0.350. The second-order valence-corrected chi connectivity index (χ2v) is 10.6. The smallest absolute Gasteiger partial charge is 0.164 e. The minimum atomic E-state index is -3.18. The van der Waals surface area contributed by atoms with Crippen LogP contribution in [0.4, 0.5) is 10.1 Å². The molecular weight excluding hydrogens is 451 g/mol. The Labute approximate surface area is 183 Å². The summed E-state index contributed by atoms with van der Waals surface area (Å²) in [5.74, 6) is 1.32. The number of sulfone groups is 1. The lowest BCUT2D eigenvalue weighted by Crippen LogP contribution is -2.39. The molecule has 6 nitrogen and oxygen atoms in total. The molecule has 30 heavy (non-hydrogen) atoms. The van der Waals surface area contributed by atoms with E-state index in [1.54, 1.807) is 32.4 Å². The van der Waals surface area contributed by atoms with E-state index < -0.39 is 15.7 Å². The van der Waals surface area contributed by atoms with Gasteiger partial charge in [0.05, 0.1) is 43.5 Å². The molecule has 160 valence electrons. The first-order valence-electron chi connectivity index (χ1n) is 9.17. The summed E-state index contributed by atoms with van der Waals surface area (Å²) in [4.78, 5) is 6.62. The van der Waals surface area contributed by atoms with E-state index in [9.17, 15) is 12.8 Å². The van der Waals surface area contributed by atoms with E-state index in [2.05, 4.69) is 0 Å². The average Bonchev–Trinajstić information content (AvgIpc) is 3.17. The highest BCUT2D eigenvalue weighted by Gasteiger charge is 2.47. The topological polar surface area (TPSA) is 68.2 Å². The van der Waals surface area contributed by atoms with Gasteiger partial charge in [-0.2, -0.15) is 0 Å². The second kappa shape index (κ2) is 8.28. The third-order valence-electron chi connectivity index (χ3n) is 5.12. The monoisotopic (exact) mass is 470 g/mol. The van der Waals surface area contributed by atoms with Gasteiger partial charge < -0.3 is 14.4 Å². The van der Waals surface area contributed by atoms with Crippen molar-refractivity contribution in [2.75, 3.05) is 30.6 Å². The maximum Gasteiger partial charge on any atom is 0.164 e. The molecule has 0 aromatic heterocycles. The normalized spacial score (nSPS) is 22.0. The SMILES string of the molecule is COc1ccc(OC)c(N2C(SCc3ccc(F)cc3Cl)=N[C@@H]3CS(=O)(=O)C[C@H]32)c1. The van der Waals surface area contributed by atoms with Gasteiger partial charge in [0.1, 0.15) is 17.3 Å². The summed E-state index contributed by atoms with van der Waals surface area (Å²) >= 11 is 7.59. The van der Waals surface area contributed by atoms with Crippen LogP contribution in [0, 0.1) is 5.82 Å².